The highest BCUT2D eigenvalue weighted by molar-refractivity contribution is 5.26. The van der Waals surface area contributed by atoms with E-state index in [1.54, 1.807) is 6.20 Å². The van der Waals surface area contributed by atoms with E-state index in [0.29, 0.717) is 0 Å². The normalized spacial score (nSPS) is 11.6. The molecule has 3 nitrogen and oxygen atoms in total. The van der Waals surface area contributed by atoms with E-state index in [1.807, 2.05) is 5.01 Å². The fourth-order valence-electron chi connectivity index (χ4n) is 2.03. The summed E-state index contributed by atoms with van der Waals surface area (Å²) in [6.07, 6.45) is 13.1. The highest BCUT2D eigenvalue weighted by atomic mass is 15.4. The number of hydrazine groups is 1. The van der Waals surface area contributed by atoms with Crippen molar-refractivity contribution in [3.8, 4) is 0 Å². The Morgan fingerprint density at radius 3 is 2.22 bits per heavy atom. The van der Waals surface area contributed by atoms with Gasteiger partial charge in [-0.05, 0) is 19.6 Å². The summed E-state index contributed by atoms with van der Waals surface area (Å²) in [5, 5.41) is 1.84. The second-order valence-electron chi connectivity index (χ2n) is 4.87. The van der Waals surface area contributed by atoms with Gasteiger partial charge in [0, 0.05) is 18.4 Å². The molecule has 0 aliphatic carbocycles. The molecular formula is C15H31N3. The van der Waals surface area contributed by atoms with E-state index < -0.39 is 0 Å². The van der Waals surface area contributed by atoms with E-state index in [2.05, 4.69) is 25.6 Å². The van der Waals surface area contributed by atoms with Crippen molar-refractivity contribution < 1.29 is 0 Å². The number of unbranched alkanes of at least 4 members (excludes halogenated alkanes) is 6. The van der Waals surface area contributed by atoms with Crippen LogP contribution in [0.5, 0.6) is 0 Å². The molecule has 0 aliphatic rings. The molecule has 2 N–H and O–H groups in total. The van der Waals surface area contributed by atoms with Crippen LogP contribution in [-0.4, -0.2) is 18.3 Å². The molecule has 0 amide bonds. The van der Waals surface area contributed by atoms with Crippen molar-refractivity contribution in [1.82, 2.24) is 5.01 Å². The number of hydrogen-bond acceptors (Lipinski definition) is 3. The van der Waals surface area contributed by atoms with E-state index in [0.717, 1.165) is 25.1 Å². The van der Waals surface area contributed by atoms with Crippen molar-refractivity contribution in [3.63, 3.8) is 0 Å². The van der Waals surface area contributed by atoms with Crippen LogP contribution in [0, 0.1) is 0 Å². The lowest BCUT2D eigenvalue weighted by molar-refractivity contribution is 0.332. The number of rotatable bonds is 12. The van der Waals surface area contributed by atoms with Gasteiger partial charge in [-0.1, -0.05) is 58.8 Å². The summed E-state index contributed by atoms with van der Waals surface area (Å²) in [5.41, 5.74) is 1.10. The van der Waals surface area contributed by atoms with Gasteiger partial charge in [-0.15, -0.1) is 0 Å². The van der Waals surface area contributed by atoms with Gasteiger partial charge in [0.05, 0.1) is 0 Å². The average molecular weight is 253 g/mol. The largest absolute Gasteiger partial charge is 0.314 e. The van der Waals surface area contributed by atoms with Gasteiger partial charge in [-0.3, -0.25) is 4.99 Å². The molecule has 106 valence electrons. The van der Waals surface area contributed by atoms with Crippen LogP contribution in [0.1, 0.15) is 71.6 Å². The summed E-state index contributed by atoms with van der Waals surface area (Å²) in [5.74, 6) is 6.03. The van der Waals surface area contributed by atoms with Gasteiger partial charge in [0.25, 0.3) is 0 Å². The fraction of sp³-hybridized carbons (Fsp3) is 0.800. The summed E-state index contributed by atoms with van der Waals surface area (Å²) < 4.78 is 0. The average Bonchev–Trinajstić information content (AvgIpc) is 2.37. The Balaban J connectivity index is 3.64. The van der Waals surface area contributed by atoms with Gasteiger partial charge in [0.1, 0.15) is 0 Å². The van der Waals surface area contributed by atoms with E-state index in [4.69, 9.17) is 5.84 Å². The van der Waals surface area contributed by atoms with E-state index in [1.165, 1.54) is 44.9 Å². The minimum atomic E-state index is 0.926. The van der Waals surface area contributed by atoms with Crippen molar-refractivity contribution in [3.05, 3.63) is 11.9 Å². The Labute approximate surface area is 113 Å². The third-order valence-corrected chi connectivity index (χ3v) is 3.12. The minimum Gasteiger partial charge on any atom is -0.314 e. The third kappa shape index (κ3) is 9.23. The van der Waals surface area contributed by atoms with Crippen LogP contribution < -0.4 is 5.84 Å². The first kappa shape index (κ1) is 17.2. The quantitative estimate of drug-likeness (QED) is 0.244. The molecule has 0 fully saturated rings. The van der Waals surface area contributed by atoms with Crippen molar-refractivity contribution in [1.29, 1.82) is 0 Å². The lowest BCUT2D eigenvalue weighted by Crippen LogP contribution is -2.31. The van der Waals surface area contributed by atoms with Crippen molar-refractivity contribution in [2.45, 2.75) is 71.6 Å². The zero-order valence-corrected chi connectivity index (χ0v) is 12.3. The van der Waals surface area contributed by atoms with E-state index >= 15 is 0 Å². The molecule has 0 spiro atoms. The molecule has 0 unspecified atom stereocenters. The Morgan fingerprint density at radius 1 is 1.06 bits per heavy atom. The van der Waals surface area contributed by atoms with Crippen molar-refractivity contribution in [2.24, 2.45) is 10.8 Å². The molecule has 0 aromatic carbocycles. The van der Waals surface area contributed by atoms with Gasteiger partial charge >= 0.3 is 0 Å². The monoisotopic (exact) mass is 253 g/mol. The maximum absolute atomic E-state index is 6.03. The lowest BCUT2D eigenvalue weighted by Gasteiger charge is -2.21. The molecule has 3 heteroatoms. The smallest absolute Gasteiger partial charge is 0.0473 e. The predicted molar refractivity (Wildman–Crippen MR) is 81.4 cm³/mol. The number of allylic oxidation sites excluding steroid dienone is 1. The summed E-state index contributed by atoms with van der Waals surface area (Å²) in [6, 6.07) is 0. The van der Waals surface area contributed by atoms with Crippen LogP contribution in [0.15, 0.2) is 16.9 Å². The first-order chi connectivity index (χ1) is 8.76. The summed E-state index contributed by atoms with van der Waals surface area (Å²) in [4.78, 5) is 3.82. The topological polar surface area (TPSA) is 41.6 Å². The molecule has 0 aromatic heterocycles. The third-order valence-electron chi connectivity index (χ3n) is 3.12. The molecule has 0 saturated carbocycles. The Morgan fingerprint density at radius 2 is 1.67 bits per heavy atom. The second kappa shape index (κ2) is 12.6. The van der Waals surface area contributed by atoms with Crippen LogP contribution >= 0.6 is 0 Å². The van der Waals surface area contributed by atoms with Gasteiger partial charge in [0.15, 0.2) is 0 Å². The standard InChI is InChI=1S/C15H31N3/c1-4-6-7-8-9-10-11-13-18(16)15(12-5-2)14-17-3/h14H,3-13,16H2,1-2H3/b15-14-. The molecular weight excluding hydrogens is 222 g/mol. The molecule has 0 aromatic rings. The van der Waals surface area contributed by atoms with E-state index in [9.17, 15) is 0 Å². The molecule has 0 radical (unpaired) electrons. The fourth-order valence-corrected chi connectivity index (χ4v) is 2.03. The SMILES string of the molecule is C=N/C=C(/CCC)N(N)CCCCCCCCC. The second-order valence-corrected chi connectivity index (χ2v) is 4.87. The van der Waals surface area contributed by atoms with Crippen molar-refractivity contribution in [2.75, 3.05) is 6.54 Å². The van der Waals surface area contributed by atoms with Gasteiger partial charge < -0.3 is 5.01 Å². The maximum atomic E-state index is 6.03. The first-order valence-corrected chi connectivity index (χ1v) is 7.43. The van der Waals surface area contributed by atoms with Gasteiger partial charge in [0.2, 0.25) is 0 Å². The molecule has 0 saturated heterocycles. The summed E-state index contributed by atoms with van der Waals surface area (Å²) in [7, 11) is 0. The lowest BCUT2D eigenvalue weighted by atomic mass is 10.1. The molecule has 0 atom stereocenters. The van der Waals surface area contributed by atoms with Crippen LogP contribution in [0.4, 0.5) is 0 Å². The summed E-state index contributed by atoms with van der Waals surface area (Å²) in [6.45, 7) is 8.82. The number of nitrogens with zero attached hydrogens (tertiary/aromatic N) is 2. The van der Waals surface area contributed by atoms with Crippen LogP contribution in [-0.2, 0) is 0 Å². The van der Waals surface area contributed by atoms with Crippen LogP contribution in [0.3, 0.4) is 0 Å². The number of aliphatic imine (C=N–C) groups is 1. The van der Waals surface area contributed by atoms with Gasteiger partial charge in [-0.25, -0.2) is 5.84 Å². The maximum Gasteiger partial charge on any atom is 0.0473 e. The van der Waals surface area contributed by atoms with Crippen LogP contribution in [0.25, 0.3) is 0 Å². The van der Waals surface area contributed by atoms with Gasteiger partial charge in [-0.2, -0.15) is 0 Å². The molecule has 0 heterocycles. The van der Waals surface area contributed by atoms with E-state index in [-0.39, 0.29) is 0 Å². The molecule has 0 rings (SSSR count). The minimum absolute atomic E-state index is 0.926. The number of nitrogens with two attached hydrogens (primary N) is 1. The Bertz CT molecular complexity index is 224. The zero-order chi connectivity index (χ0) is 13.6. The van der Waals surface area contributed by atoms with Crippen LogP contribution in [0.2, 0.25) is 0 Å². The molecule has 0 bridgehead atoms. The predicted octanol–water partition coefficient (Wildman–Crippen LogP) is 4.25. The molecule has 18 heavy (non-hydrogen) atoms. The Hall–Kier alpha value is -0.830. The zero-order valence-electron chi connectivity index (χ0n) is 12.3. The highest BCUT2D eigenvalue weighted by Gasteiger charge is 2.03. The highest BCUT2D eigenvalue weighted by Crippen LogP contribution is 2.11. The first-order valence-electron chi connectivity index (χ1n) is 7.43. The summed E-state index contributed by atoms with van der Waals surface area (Å²) >= 11 is 0. The number of hydrogen-bond donors (Lipinski definition) is 1. The Kier molecular flexibility index (Phi) is 12.0. The van der Waals surface area contributed by atoms with Crippen molar-refractivity contribution >= 4 is 6.72 Å². The molecule has 0 aliphatic heterocycles.